The molecule has 7 heteroatoms. The Balaban J connectivity index is 2.06. The third kappa shape index (κ3) is 4.76. The van der Waals surface area contributed by atoms with E-state index in [4.69, 9.17) is 4.74 Å². The van der Waals surface area contributed by atoms with Crippen molar-refractivity contribution >= 4 is 17.5 Å². The second-order valence-electron chi connectivity index (χ2n) is 5.64. The molecule has 0 aliphatic carbocycles. The molecule has 0 radical (unpaired) electrons. The smallest absolute Gasteiger partial charge is 0.259 e. The summed E-state index contributed by atoms with van der Waals surface area (Å²) in [6.07, 6.45) is 0. The molecule has 2 rings (SSSR count). The highest BCUT2D eigenvalue weighted by Gasteiger charge is 2.12. The third-order valence-corrected chi connectivity index (χ3v) is 3.47. The van der Waals surface area contributed by atoms with Gasteiger partial charge < -0.3 is 15.0 Å². The Morgan fingerprint density at radius 3 is 2.40 bits per heavy atom. The summed E-state index contributed by atoms with van der Waals surface area (Å²) in [5.41, 5.74) is 0.496. The second kappa shape index (κ2) is 7.74. The maximum Gasteiger partial charge on any atom is 0.259 e. The van der Waals surface area contributed by atoms with Crippen LogP contribution in [0.3, 0.4) is 0 Å². The van der Waals surface area contributed by atoms with Crippen molar-refractivity contribution < 1.29 is 23.1 Å². The average Bonchev–Trinajstić information content (AvgIpc) is 2.57. The number of rotatable bonds is 5. The first-order valence-electron chi connectivity index (χ1n) is 7.48. The van der Waals surface area contributed by atoms with E-state index in [1.807, 2.05) is 0 Å². The number of carbonyl (C=O) groups excluding carboxylic acids is 2. The summed E-state index contributed by atoms with van der Waals surface area (Å²) in [6.45, 7) is 1.32. The van der Waals surface area contributed by atoms with Crippen LogP contribution in [-0.2, 0) is 4.79 Å². The summed E-state index contributed by atoms with van der Waals surface area (Å²) in [5, 5.41) is 2.42. The average molecular weight is 348 g/mol. The van der Waals surface area contributed by atoms with Crippen molar-refractivity contribution in [2.24, 2.45) is 0 Å². The van der Waals surface area contributed by atoms with Gasteiger partial charge in [-0.2, -0.15) is 0 Å². The van der Waals surface area contributed by atoms with Crippen LogP contribution in [0.1, 0.15) is 15.9 Å². The van der Waals surface area contributed by atoms with Gasteiger partial charge in [0.05, 0.1) is 5.69 Å². The fourth-order valence-electron chi connectivity index (χ4n) is 1.94. The Kier molecular flexibility index (Phi) is 5.69. The van der Waals surface area contributed by atoms with Crippen molar-refractivity contribution in [1.29, 1.82) is 0 Å². The molecule has 1 N–H and O–H groups in total. The van der Waals surface area contributed by atoms with Gasteiger partial charge in [0.25, 0.3) is 11.8 Å². The van der Waals surface area contributed by atoms with Gasteiger partial charge in [-0.1, -0.05) is 0 Å². The Morgan fingerprint density at radius 2 is 1.80 bits per heavy atom. The van der Waals surface area contributed by atoms with Gasteiger partial charge in [0.15, 0.2) is 6.61 Å². The van der Waals surface area contributed by atoms with Crippen LogP contribution in [0.25, 0.3) is 0 Å². The summed E-state index contributed by atoms with van der Waals surface area (Å²) in [5.74, 6) is -1.77. The number of hydrogen-bond donors (Lipinski definition) is 1. The number of amides is 2. The van der Waals surface area contributed by atoms with Crippen LogP contribution in [-0.4, -0.2) is 37.4 Å². The molecule has 2 aromatic carbocycles. The number of likely N-dealkylation sites (N-methyl/N-ethyl adjacent to an activating group) is 1. The highest BCUT2D eigenvalue weighted by molar-refractivity contribution is 6.04. The fraction of sp³-hybridized carbons (Fsp3) is 0.222. The molecule has 0 heterocycles. The first kappa shape index (κ1) is 18.4. The van der Waals surface area contributed by atoms with Gasteiger partial charge in [-0.25, -0.2) is 8.78 Å². The van der Waals surface area contributed by atoms with Gasteiger partial charge in [0.1, 0.15) is 17.4 Å². The summed E-state index contributed by atoms with van der Waals surface area (Å²) >= 11 is 0. The van der Waals surface area contributed by atoms with Crippen molar-refractivity contribution in [3.63, 3.8) is 0 Å². The van der Waals surface area contributed by atoms with Crippen molar-refractivity contribution in [3.05, 3.63) is 59.2 Å². The maximum absolute atomic E-state index is 14.1. The molecule has 0 unspecified atom stereocenters. The van der Waals surface area contributed by atoms with Crippen LogP contribution in [0.4, 0.5) is 14.5 Å². The molecule has 0 bridgehead atoms. The number of ether oxygens (including phenoxy) is 1. The van der Waals surface area contributed by atoms with E-state index in [1.54, 1.807) is 14.1 Å². The van der Waals surface area contributed by atoms with E-state index in [1.165, 1.54) is 42.2 Å². The predicted molar refractivity (Wildman–Crippen MR) is 89.7 cm³/mol. The van der Waals surface area contributed by atoms with E-state index in [2.05, 4.69) is 5.32 Å². The normalized spacial score (nSPS) is 10.3. The van der Waals surface area contributed by atoms with Crippen LogP contribution in [0.2, 0.25) is 0 Å². The highest BCUT2D eigenvalue weighted by atomic mass is 19.1. The Bertz CT molecular complexity index is 807. The zero-order chi connectivity index (χ0) is 18.6. The van der Waals surface area contributed by atoms with Gasteiger partial charge in [0.2, 0.25) is 0 Å². The molecule has 0 spiro atoms. The first-order chi connectivity index (χ1) is 11.8. The molecule has 0 aliphatic heterocycles. The lowest BCUT2D eigenvalue weighted by atomic mass is 10.1. The summed E-state index contributed by atoms with van der Waals surface area (Å²) in [4.78, 5) is 24.9. The zero-order valence-electron chi connectivity index (χ0n) is 14.1. The maximum atomic E-state index is 14.1. The number of anilines is 1. The van der Waals surface area contributed by atoms with Crippen LogP contribution < -0.4 is 10.1 Å². The van der Waals surface area contributed by atoms with Crippen LogP contribution >= 0.6 is 0 Å². The first-order valence-corrected chi connectivity index (χ1v) is 7.48. The van der Waals surface area contributed by atoms with Crippen LogP contribution in [0.15, 0.2) is 36.4 Å². The summed E-state index contributed by atoms with van der Waals surface area (Å²) in [6, 6.07) is 7.73. The van der Waals surface area contributed by atoms with Crippen molar-refractivity contribution in [2.75, 3.05) is 26.0 Å². The number of nitrogens with one attached hydrogen (secondary N) is 1. The molecule has 0 aromatic heterocycles. The molecule has 2 amide bonds. The Hall–Kier alpha value is -2.96. The van der Waals surface area contributed by atoms with Gasteiger partial charge in [-0.3, -0.25) is 9.59 Å². The van der Waals surface area contributed by atoms with E-state index in [9.17, 15) is 18.4 Å². The SMILES string of the molecule is Cc1cc(C(=O)Nc2ccc(OCC(=O)N(C)C)cc2F)ccc1F. The number of hydrogen-bond acceptors (Lipinski definition) is 3. The van der Waals surface area contributed by atoms with Gasteiger partial charge in [0, 0.05) is 25.7 Å². The molecule has 2 aromatic rings. The van der Waals surface area contributed by atoms with E-state index in [0.717, 1.165) is 6.07 Å². The highest BCUT2D eigenvalue weighted by Crippen LogP contribution is 2.21. The van der Waals surface area contributed by atoms with E-state index < -0.39 is 17.5 Å². The Morgan fingerprint density at radius 1 is 1.08 bits per heavy atom. The number of halogens is 2. The van der Waals surface area contributed by atoms with Crippen molar-refractivity contribution in [3.8, 4) is 5.75 Å². The monoisotopic (exact) mass is 348 g/mol. The molecular weight excluding hydrogens is 330 g/mol. The molecule has 0 aliphatic rings. The minimum absolute atomic E-state index is 0.0433. The number of carbonyl (C=O) groups is 2. The molecule has 132 valence electrons. The van der Waals surface area contributed by atoms with E-state index in [0.29, 0.717) is 5.56 Å². The topological polar surface area (TPSA) is 58.6 Å². The molecule has 0 fully saturated rings. The van der Waals surface area contributed by atoms with Crippen LogP contribution in [0, 0.1) is 18.6 Å². The molecule has 25 heavy (non-hydrogen) atoms. The largest absolute Gasteiger partial charge is 0.484 e. The molecule has 0 saturated heterocycles. The van der Waals surface area contributed by atoms with Gasteiger partial charge in [-0.15, -0.1) is 0 Å². The number of benzene rings is 2. The standard InChI is InChI=1S/C18H18F2N2O3/c1-11-8-12(4-6-14(11)19)18(24)21-16-7-5-13(9-15(16)20)25-10-17(23)22(2)3/h4-9H,10H2,1-3H3,(H,21,24). The predicted octanol–water partition coefficient (Wildman–Crippen LogP) is 2.99. The van der Waals surface area contributed by atoms with Crippen molar-refractivity contribution in [2.45, 2.75) is 6.92 Å². The lowest BCUT2D eigenvalue weighted by molar-refractivity contribution is -0.130. The molecule has 0 saturated carbocycles. The summed E-state index contributed by atoms with van der Waals surface area (Å²) < 4.78 is 32.5. The quantitative estimate of drug-likeness (QED) is 0.904. The lowest BCUT2D eigenvalue weighted by Crippen LogP contribution is -2.27. The van der Waals surface area contributed by atoms with Gasteiger partial charge in [-0.05, 0) is 42.8 Å². The fourth-order valence-corrected chi connectivity index (χ4v) is 1.94. The third-order valence-electron chi connectivity index (χ3n) is 3.47. The van der Waals surface area contributed by atoms with Crippen molar-refractivity contribution in [1.82, 2.24) is 4.90 Å². The summed E-state index contributed by atoms with van der Waals surface area (Å²) in [7, 11) is 3.17. The Labute approximate surface area is 144 Å². The number of aryl methyl sites for hydroxylation is 1. The second-order valence-corrected chi connectivity index (χ2v) is 5.64. The minimum Gasteiger partial charge on any atom is -0.484 e. The number of nitrogens with zero attached hydrogens (tertiary/aromatic N) is 1. The zero-order valence-corrected chi connectivity index (χ0v) is 14.1. The molecular formula is C18H18F2N2O3. The van der Waals surface area contributed by atoms with Gasteiger partial charge >= 0.3 is 0 Å². The van der Waals surface area contributed by atoms with E-state index in [-0.39, 0.29) is 29.5 Å². The minimum atomic E-state index is -0.706. The van der Waals surface area contributed by atoms with E-state index >= 15 is 0 Å². The molecule has 0 atom stereocenters. The molecule has 5 nitrogen and oxygen atoms in total. The van der Waals surface area contributed by atoms with Crippen LogP contribution in [0.5, 0.6) is 5.75 Å². The lowest BCUT2D eigenvalue weighted by Gasteiger charge is -2.12.